The van der Waals surface area contributed by atoms with Gasteiger partial charge < -0.3 is 20.5 Å². The molecule has 6 rings (SSSR count). The predicted molar refractivity (Wildman–Crippen MR) is 159 cm³/mol. The number of hydrogen-bond acceptors (Lipinski definition) is 8. The number of nitrogens with zero attached hydrogens (tertiary/aromatic N) is 6. The lowest BCUT2D eigenvalue weighted by Gasteiger charge is -2.44. The van der Waals surface area contributed by atoms with Gasteiger partial charge in [-0.2, -0.15) is 15.5 Å². The second-order valence-electron chi connectivity index (χ2n) is 12.0. The van der Waals surface area contributed by atoms with Crippen LogP contribution in [0.4, 0.5) is 5.69 Å². The Hall–Kier alpha value is -3.82. The Labute approximate surface area is 245 Å². The van der Waals surface area contributed by atoms with Crippen molar-refractivity contribution >= 4 is 28.0 Å². The molecule has 4 heterocycles. The van der Waals surface area contributed by atoms with E-state index in [9.17, 15) is 9.90 Å². The molecule has 11 heteroatoms. The fourth-order valence-electron chi connectivity index (χ4n) is 6.56. The molecule has 1 atom stereocenters. The smallest absolute Gasteiger partial charge is 0.274 e. The van der Waals surface area contributed by atoms with Gasteiger partial charge in [-0.1, -0.05) is 0 Å². The van der Waals surface area contributed by atoms with E-state index in [4.69, 9.17) is 15.1 Å². The van der Waals surface area contributed by atoms with Gasteiger partial charge in [0.15, 0.2) is 0 Å². The SMILES string of the molecule is COC[C@H]1CNCCN1C1CCC(n2cc3cc(NC(=O)c4ccc5cc(C#N)cnn45)c(C(C)(C)O)cc3n2)CC1. The Balaban J connectivity index is 1.22. The van der Waals surface area contributed by atoms with E-state index in [-0.39, 0.29) is 5.91 Å². The summed E-state index contributed by atoms with van der Waals surface area (Å²) < 4.78 is 9.06. The maximum Gasteiger partial charge on any atom is 0.274 e. The molecule has 1 aliphatic heterocycles. The summed E-state index contributed by atoms with van der Waals surface area (Å²) >= 11 is 0. The van der Waals surface area contributed by atoms with Crippen LogP contribution < -0.4 is 10.6 Å². The highest BCUT2D eigenvalue weighted by Crippen LogP contribution is 2.36. The highest BCUT2D eigenvalue weighted by Gasteiger charge is 2.33. The monoisotopic (exact) mass is 570 g/mol. The number of benzene rings is 1. The summed E-state index contributed by atoms with van der Waals surface area (Å²) in [5.41, 5.74) is 2.10. The van der Waals surface area contributed by atoms with E-state index in [1.165, 1.54) is 10.7 Å². The maximum atomic E-state index is 13.4. The van der Waals surface area contributed by atoms with Crippen molar-refractivity contribution < 1.29 is 14.6 Å². The van der Waals surface area contributed by atoms with Crippen molar-refractivity contribution in [2.75, 3.05) is 38.7 Å². The zero-order valence-electron chi connectivity index (χ0n) is 24.4. The van der Waals surface area contributed by atoms with E-state index in [1.54, 1.807) is 39.2 Å². The first-order chi connectivity index (χ1) is 20.2. The molecule has 1 saturated heterocycles. The number of aromatic nitrogens is 4. The van der Waals surface area contributed by atoms with Crippen LogP contribution in [0.3, 0.4) is 0 Å². The molecular formula is C31H38N8O3. The van der Waals surface area contributed by atoms with Crippen molar-refractivity contribution in [3.05, 3.63) is 59.5 Å². The van der Waals surface area contributed by atoms with Crippen molar-refractivity contribution in [2.45, 2.75) is 63.3 Å². The second kappa shape index (κ2) is 11.5. The largest absolute Gasteiger partial charge is 0.386 e. The van der Waals surface area contributed by atoms with E-state index in [1.807, 2.05) is 12.1 Å². The number of ether oxygens (including phenoxy) is 1. The van der Waals surface area contributed by atoms with Gasteiger partial charge in [0, 0.05) is 61.7 Å². The van der Waals surface area contributed by atoms with Crippen LogP contribution in [0.5, 0.6) is 0 Å². The van der Waals surface area contributed by atoms with Crippen molar-refractivity contribution in [3.8, 4) is 6.07 Å². The number of rotatable bonds is 7. The van der Waals surface area contributed by atoms with Gasteiger partial charge in [0.25, 0.3) is 5.91 Å². The van der Waals surface area contributed by atoms with E-state index in [0.717, 1.165) is 62.8 Å². The number of fused-ring (bicyclic) bond motifs is 2. The van der Waals surface area contributed by atoms with Crippen LogP contribution in [0.1, 0.15) is 67.2 Å². The lowest BCUT2D eigenvalue weighted by molar-refractivity contribution is 0.0264. The molecule has 2 fully saturated rings. The molecule has 1 saturated carbocycles. The number of piperazine rings is 1. The predicted octanol–water partition coefficient (Wildman–Crippen LogP) is 3.44. The molecule has 1 amide bonds. The van der Waals surface area contributed by atoms with E-state index in [2.05, 4.69) is 37.6 Å². The molecule has 2 aliphatic rings. The Morgan fingerprint density at radius 3 is 2.74 bits per heavy atom. The molecule has 220 valence electrons. The third kappa shape index (κ3) is 5.51. The number of aliphatic hydroxyl groups is 1. The van der Waals surface area contributed by atoms with Crippen LogP contribution in [0, 0.1) is 11.3 Å². The minimum Gasteiger partial charge on any atom is -0.386 e. The molecule has 1 aromatic carbocycles. The maximum absolute atomic E-state index is 13.4. The molecule has 0 radical (unpaired) electrons. The Kier molecular flexibility index (Phi) is 7.72. The average Bonchev–Trinajstić information content (AvgIpc) is 3.60. The first kappa shape index (κ1) is 28.3. The fourth-order valence-corrected chi connectivity index (χ4v) is 6.56. The van der Waals surface area contributed by atoms with Crippen molar-refractivity contribution in [1.29, 1.82) is 5.26 Å². The van der Waals surface area contributed by atoms with Gasteiger partial charge in [0.05, 0.1) is 41.0 Å². The quantitative estimate of drug-likeness (QED) is 0.308. The van der Waals surface area contributed by atoms with Crippen molar-refractivity contribution in [2.24, 2.45) is 0 Å². The van der Waals surface area contributed by atoms with Gasteiger partial charge in [-0.15, -0.1) is 0 Å². The summed E-state index contributed by atoms with van der Waals surface area (Å²) in [5, 5.41) is 36.8. The number of carbonyl (C=O) groups excluding carboxylic acids is 1. The molecule has 3 N–H and O–H groups in total. The third-order valence-electron chi connectivity index (χ3n) is 8.70. The first-order valence-corrected chi connectivity index (χ1v) is 14.7. The molecule has 0 bridgehead atoms. The van der Waals surface area contributed by atoms with E-state index >= 15 is 0 Å². The van der Waals surface area contributed by atoms with Gasteiger partial charge in [0.2, 0.25) is 0 Å². The van der Waals surface area contributed by atoms with Gasteiger partial charge in [-0.05, 0) is 69.9 Å². The molecule has 42 heavy (non-hydrogen) atoms. The number of nitrogens with one attached hydrogen (secondary N) is 2. The zero-order chi connectivity index (χ0) is 29.4. The number of anilines is 1. The number of amides is 1. The number of carbonyl (C=O) groups is 1. The third-order valence-corrected chi connectivity index (χ3v) is 8.70. The van der Waals surface area contributed by atoms with Crippen LogP contribution in [0.2, 0.25) is 0 Å². The average molecular weight is 571 g/mol. The number of methoxy groups -OCH3 is 1. The van der Waals surface area contributed by atoms with Crippen LogP contribution >= 0.6 is 0 Å². The highest BCUT2D eigenvalue weighted by atomic mass is 16.5. The molecule has 3 aromatic heterocycles. The van der Waals surface area contributed by atoms with Gasteiger partial charge >= 0.3 is 0 Å². The van der Waals surface area contributed by atoms with Gasteiger partial charge in [-0.25, -0.2) is 4.52 Å². The topological polar surface area (TPSA) is 133 Å². The van der Waals surface area contributed by atoms with Crippen LogP contribution in [0.25, 0.3) is 16.4 Å². The fraction of sp³-hybridized carbons (Fsp3) is 0.484. The van der Waals surface area contributed by atoms with Crippen molar-refractivity contribution in [1.82, 2.24) is 29.6 Å². The summed E-state index contributed by atoms with van der Waals surface area (Å²) in [6, 6.07) is 12.2. The lowest BCUT2D eigenvalue weighted by atomic mass is 9.89. The molecular weight excluding hydrogens is 532 g/mol. The first-order valence-electron chi connectivity index (χ1n) is 14.7. The second-order valence-corrected chi connectivity index (χ2v) is 12.0. The molecule has 4 aromatic rings. The van der Waals surface area contributed by atoms with Crippen LogP contribution in [0.15, 0.2) is 42.7 Å². The number of nitriles is 1. The Bertz CT molecular complexity index is 1640. The summed E-state index contributed by atoms with van der Waals surface area (Å²) in [4.78, 5) is 16.0. The highest BCUT2D eigenvalue weighted by molar-refractivity contribution is 6.05. The summed E-state index contributed by atoms with van der Waals surface area (Å²) in [6.45, 7) is 7.20. The van der Waals surface area contributed by atoms with Crippen LogP contribution in [-0.2, 0) is 10.3 Å². The molecule has 11 nitrogen and oxygen atoms in total. The minimum atomic E-state index is -1.21. The van der Waals surface area contributed by atoms with E-state index in [0.29, 0.717) is 46.2 Å². The standard InChI is InChI=1S/C31H38N8O3/c1-31(2,41)26-14-27-21(13-28(26)35-30(40)29-9-8-24-12-20(15-32)16-34-39(24)29)18-38(36-27)23-6-4-22(5-7-23)37-11-10-33-17-25(37)19-42-3/h8-9,12-14,16,18,22-23,25,33,41H,4-7,10-11,17,19H2,1-3H3,(H,35,40)/t22?,23?,25-/m1/s1. The molecule has 0 unspecified atom stereocenters. The normalized spacial score (nSPS) is 21.9. The zero-order valence-corrected chi connectivity index (χ0v) is 24.4. The Morgan fingerprint density at radius 1 is 1.21 bits per heavy atom. The van der Waals surface area contributed by atoms with Gasteiger partial charge in [-0.3, -0.25) is 14.4 Å². The van der Waals surface area contributed by atoms with Gasteiger partial charge in [0.1, 0.15) is 11.8 Å². The summed E-state index contributed by atoms with van der Waals surface area (Å²) in [6.07, 6.45) is 7.82. The minimum absolute atomic E-state index is 0.303. The summed E-state index contributed by atoms with van der Waals surface area (Å²) in [5.74, 6) is -0.359. The van der Waals surface area contributed by atoms with E-state index < -0.39 is 5.60 Å². The summed E-state index contributed by atoms with van der Waals surface area (Å²) in [7, 11) is 1.78. The number of hydrogen-bond donors (Lipinski definition) is 3. The lowest BCUT2D eigenvalue weighted by Crippen LogP contribution is -2.57. The van der Waals surface area contributed by atoms with Crippen LogP contribution in [-0.4, -0.2) is 80.7 Å². The van der Waals surface area contributed by atoms with Crippen molar-refractivity contribution in [3.63, 3.8) is 0 Å². The molecule has 0 spiro atoms. The Morgan fingerprint density at radius 2 is 2.00 bits per heavy atom. The molecule has 1 aliphatic carbocycles.